The number of hydrogen-bond acceptors (Lipinski definition) is 9. The molecule has 0 radical (unpaired) electrons. The molecule has 1 saturated heterocycles. The van der Waals surface area contributed by atoms with Gasteiger partial charge in [-0.05, 0) is 134 Å². The molecule has 5 amide bonds. The molecule has 1 spiro atoms. The number of carbonyl (C=O) groups excluding carboxylic acids is 5. The van der Waals surface area contributed by atoms with E-state index < -0.39 is 34.5 Å². The molecule has 14 heteroatoms. The van der Waals surface area contributed by atoms with Crippen LogP contribution < -0.4 is 31.0 Å². The molecule has 56 heavy (non-hydrogen) atoms. The average Bonchev–Trinajstić information content (AvgIpc) is 3.47. The van der Waals surface area contributed by atoms with Crippen LogP contribution in [0.5, 0.6) is 11.5 Å². The van der Waals surface area contributed by atoms with Gasteiger partial charge in [0.15, 0.2) is 10.2 Å². The van der Waals surface area contributed by atoms with E-state index in [4.69, 9.17) is 33.9 Å². The summed E-state index contributed by atoms with van der Waals surface area (Å²) in [5.74, 6) is -1.83. The molecule has 6 aliphatic rings. The summed E-state index contributed by atoms with van der Waals surface area (Å²) in [6.45, 7) is 8.56. The summed E-state index contributed by atoms with van der Waals surface area (Å²) in [7, 11) is 3.08. The maximum Gasteiger partial charge on any atom is 0.257 e. The smallest absolute Gasteiger partial charge is 0.257 e. The van der Waals surface area contributed by atoms with Gasteiger partial charge in [-0.25, -0.2) is 4.90 Å². The molecular weight excluding hydrogens is 751 g/mol. The SMILES string of the molecule is COc1ccc(C(=O)NC(=S)NNC(=O)[C@]2(C)CCC[C@]3(C)C4CC5C(C(C)C)=CC4(CCC32)C2C(=O)N(C(=S)NC(=O)c3ccc(OC)cc3)C(=O)C52)cc1. The third-order valence-electron chi connectivity index (χ3n) is 13.8. The zero-order chi connectivity index (χ0) is 40.3. The Kier molecular flexibility index (Phi) is 10.4. The largest absolute Gasteiger partial charge is 0.497 e. The summed E-state index contributed by atoms with van der Waals surface area (Å²) >= 11 is 11.0. The number of benzene rings is 2. The van der Waals surface area contributed by atoms with Gasteiger partial charge < -0.3 is 9.47 Å². The van der Waals surface area contributed by atoms with Crippen LogP contribution in [0.15, 0.2) is 60.2 Å². The quantitative estimate of drug-likeness (QED) is 0.128. The molecule has 4 N–H and O–H groups in total. The number of hydrogen-bond donors (Lipinski definition) is 4. The summed E-state index contributed by atoms with van der Waals surface area (Å²) < 4.78 is 10.4. The molecule has 296 valence electrons. The Morgan fingerprint density at radius 2 is 1.39 bits per heavy atom. The van der Waals surface area contributed by atoms with E-state index in [0.717, 1.165) is 24.2 Å². The third kappa shape index (κ3) is 6.29. The molecule has 2 bridgehead atoms. The standard InChI is InChI=1S/C42H49N5O7S2/c1-22(2)28-21-42-19-16-29-40(3,17-7-18-41(29,4)37(52)45-46-38(55)43-33(48)23-8-12-25(53-5)13-9-23)30(42)20-27(28)31-32(42)36(51)47(35(31)50)39(56)44-34(49)24-10-14-26(54-6)15-11-24/h8-15,21-22,27,29-32H,7,16-20H2,1-6H3,(H,45,52)(H,44,49,56)(H2,43,46,48,55)/t27?,29?,30?,31?,32?,40-,41+,42?/m0/s1. The van der Waals surface area contributed by atoms with E-state index in [1.807, 2.05) is 6.92 Å². The number of nitrogens with one attached hydrogen (secondary N) is 4. The molecule has 8 atom stereocenters. The fourth-order valence-electron chi connectivity index (χ4n) is 11.3. The average molecular weight is 800 g/mol. The van der Waals surface area contributed by atoms with Crippen molar-refractivity contribution in [3.63, 3.8) is 0 Å². The zero-order valence-electron chi connectivity index (χ0n) is 32.5. The molecule has 6 unspecified atom stereocenters. The lowest BCUT2D eigenvalue weighted by atomic mass is 9.34. The van der Waals surface area contributed by atoms with Crippen molar-refractivity contribution in [2.75, 3.05) is 14.2 Å². The molecule has 8 rings (SSSR count). The van der Waals surface area contributed by atoms with E-state index in [9.17, 15) is 24.0 Å². The van der Waals surface area contributed by atoms with Crippen LogP contribution in [0, 0.1) is 51.8 Å². The number of thiocarbonyl (C=S) groups is 2. The molecule has 3 saturated carbocycles. The molecule has 0 aromatic heterocycles. The predicted molar refractivity (Wildman–Crippen MR) is 216 cm³/mol. The van der Waals surface area contributed by atoms with Crippen LogP contribution in [-0.2, 0) is 14.4 Å². The molecule has 4 fully saturated rings. The van der Waals surface area contributed by atoms with Gasteiger partial charge in [-0.1, -0.05) is 45.8 Å². The number of nitrogens with zero attached hydrogens (tertiary/aromatic N) is 1. The monoisotopic (exact) mass is 799 g/mol. The van der Waals surface area contributed by atoms with Crippen molar-refractivity contribution in [1.82, 2.24) is 26.4 Å². The first-order valence-electron chi connectivity index (χ1n) is 19.2. The number of imide groups is 1. The fourth-order valence-corrected chi connectivity index (χ4v) is 11.8. The number of ether oxygens (including phenoxy) is 2. The van der Waals surface area contributed by atoms with Crippen molar-refractivity contribution in [2.45, 2.75) is 66.2 Å². The van der Waals surface area contributed by atoms with Crippen LogP contribution in [0.3, 0.4) is 0 Å². The zero-order valence-corrected chi connectivity index (χ0v) is 34.2. The van der Waals surface area contributed by atoms with Crippen LogP contribution in [0.1, 0.15) is 86.9 Å². The van der Waals surface area contributed by atoms with E-state index in [1.54, 1.807) is 55.6 Å². The van der Waals surface area contributed by atoms with Gasteiger partial charge in [-0.2, -0.15) is 0 Å². The molecule has 1 aliphatic heterocycles. The second kappa shape index (κ2) is 14.7. The van der Waals surface area contributed by atoms with Crippen molar-refractivity contribution < 1.29 is 33.4 Å². The summed E-state index contributed by atoms with van der Waals surface area (Å²) in [6, 6.07) is 13.1. The van der Waals surface area contributed by atoms with Gasteiger partial charge >= 0.3 is 0 Å². The Hall–Kier alpha value is -4.69. The topological polar surface area (TPSA) is 155 Å². The summed E-state index contributed by atoms with van der Waals surface area (Å²) in [5.41, 5.74) is 5.76. The number of hydrazine groups is 1. The highest BCUT2D eigenvalue weighted by Gasteiger charge is 2.73. The maximum absolute atomic E-state index is 14.7. The second-order valence-electron chi connectivity index (χ2n) is 16.8. The number of rotatable bonds is 6. The molecule has 12 nitrogen and oxygen atoms in total. The van der Waals surface area contributed by atoms with Crippen LogP contribution >= 0.6 is 24.4 Å². The van der Waals surface area contributed by atoms with Crippen LogP contribution in [0.25, 0.3) is 0 Å². The van der Waals surface area contributed by atoms with Gasteiger partial charge in [-0.15, -0.1) is 0 Å². The molecule has 1 heterocycles. The normalized spacial score (nSPS) is 31.3. The summed E-state index contributed by atoms with van der Waals surface area (Å²) in [4.78, 5) is 70.3. The van der Waals surface area contributed by atoms with Crippen LogP contribution in [-0.4, -0.2) is 58.9 Å². The van der Waals surface area contributed by atoms with Crippen molar-refractivity contribution in [3.05, 3.63) is 71.3 Å². The third-order valence-corrected chi connectivity index (χ3v) is 14.3. The highest BCUT2D eigenvalue weighted by molar-refractivity contribution is 7.80. The lowest BCUT2D eigenvalue weighted by Gasteiger charge is -2.68. The van der Waals surface area contributed by atoms with Crippen molar-refractivity contribution >= 4 is 64.2 Å². The number of fused-ring (bicyclic) bond motifs is 1. The Bertz CT molecular complexity index is 2040. The number of allylic oxidation sites excluding steroid dienone is 2. The van der Waals surface area contributed by atoms with Gasteiger partial charge in [0.2, 0.25) is 17.7 Å². The van der Waals surface area contributed by atoms with E-state index in [1.165, 1.54) is 12.7 Å². The van der Waals surface area contributed by atoms with E-state index in [-0.39, 0.29) is 57.0 Å². The minimum atomic E-state index is -0.771. The Morgan fingerprint density at radius 3 is 1.96 bits per heavy atom. The first-order chi connectivity index (χ1) is 26.6. The van der Waals surface area contributed by atoms with E-state index >= 15 is 0 Å². The van der Waals surface area contributed by atoms with Crippen LogP contribution in [0.2, 0.25) is 0 Å². The van der Waals surface area contributed by atoms with E-state index in [0.29, 0.717) is 41.9 Å². The number of methoxy groups -OCH3 is 2. The van der Waals surface area contributed by atoms with Gasteiger partial charge in [-0.3, -0.25) is 45.5 Å². The summed E-state index contributed by atoms with van der Waals surface area (Å²) in [6.07, 6.45) is 6.73. The number of amides is 5. The number of likely N-dealkylation sites (tertiary alicyclic amines) is 1. The number of carbonyl (C=O) groups is 5. The first-order valence-corrected chi connectivity index (χ1v) is 20.1. The van der Waals surface area contributed by atoms with E-state index in [2.05, 4.69) is 48.3 Å². The van der Waals surface area contributed by atoms with Gasteiger partial charge in [0, 0.05) is 16.5 Å². The maximum atomic E-state index is 14.7. The lowest BCUT2D eigenvalue weighted by molar-refractivity contribution is -0.187. The highest BCUT2D eigenvalue weighted by atomic mass is 32.1. The minimum Gasteiger partial charge on any atom is -0.497 e. The molecule has 2 aromatic rings. The van der Waals surface area contributed by atoms with Gasteiger partial charge in [0.25, 0.3) is 11.8 Å². The molecular formula is C42H49N5O7S2. The second-order valence-corrected chi connectivity index (χ2v) is 17.6. The Balaban J connectivity index is 1.10. The fraction of sp³-hybridized carbons (Fsp3) is 0.500. The van der Waals surface area contributed by atoms with Crippen molar-refractivity contribution in [2.24, 2.45) is 51.8 Å². The Morgan fingerprint density at radius 1 is 0.804 bits per heavy atom. The van der Waals surface area contributed by atoms with Crippen molar-refractivity contribution in [3.8, 4) is 11.5 Å². The molecule has 2 aromatic carbocycles. The highest BCUT2D eigenvalue weighted by Crippen LogP contribution is 2.74. The molecule has 5 aliphatic carbocycles. The van der Waals surface area contributed by atoms with Gasteiger partial charge in [0.1, 0.15) is 11.5 Å². The first kappa shape index (κ1) is 39.5. The van der Waals surface area contributed by atoms with Crippen molar-refractivity contribution in [1.29, 1.82) is 0 Å². The van der Waals surface area contributed by atoms with Crippen LogP contribution in [0.4, 0.5) is 0 Å². The summed E-state index contributed by atoms with van der Waals surface area (Å²) in [5, 5.41) is 5.03. The lowest BCUT2D eigenvalue weighted by Crippen LogP contribution is -2.66. The Labute approximate surface area is 337 Å². The predicted octanol–water partition coefficient (Wildman–Crippen LogP) is 5.48. The minimum absolute atomic E-state index is 0.0227. The van der Waals surface area contributed by atoms with Gasteiger partial charge in [0.05, 0.1) is 31.5 Å².